The van der Waals surface area contributed by atoms with Crippen molar-refractivity contribution in [1.82, 2.24) is 10.2 Å². The highest BCUT2D eigenvalue weighted by atomic mass is 16.5. The van der Waals surface area contributed by atoms with Crippen molar-refractivity contribution in [3.05, 3.63) is 0 Å². The van der Waals surface area contributed by atoms with Crippen LogP contribution in [0.15, 0.2) is 0 Å². The first kappa shape index (κ1) is 16.0. The normalized spacial score (nSPS) is 29.3. The molecule has 0 aliphatic carbocycles. The number of amides is 2. The van der Waals surface area contributed by atoms with Gasteiger partial charge in [-0.15, -0.1) is 0 Å². The molecule has 0 aromatic rings. The fraction of sp³-hybridized carbons (Fsp3) is 0.857. The molecule has 2 amide bonds. The second-order valence-corrected chi connectivity index (χ2v) is 5.46. The molecule has 1 rings (SSSR count). The summed E-state index contributed by atoms with van der Waals surface area (Å²) in [6.07, 6.45) is 2.39. The first-order valence-electron chi connectivity index (χ1n) is 7.05. The minimum atomic E-state index is -0.788. The highest BCUT2D eigenvalue weighted by Crippen LogP contribution is 2.25. The Morgan fingerprint density at radius 2 is 2.05 bits per heavy atom. The molecule has 3 atom stereocenters. The Morgan fingerprint density at radius 1 is 1.42 bits per heavy atom. The first-order valence-corrected chi connectivity index (χ1v) is 7.05. The van der Waals surface area contributed by atoms with E-state index in [1.165, 1.54) is 0 Å². The smallest absolute Gasteiger partial charge is 0.249 e. The van der Waals surface area contributed by atoms with E-state index in [0.717, 1.165) is 12.8 Å². The Balaban J connectivity index is 3.05. The van der Waals surface area contributed by atoms with Crippen LogP contribution >= 0.6 is 0 Å². The summed E-state index contributed by atoms with van der Waals surface area (Å²) in [6.45, 7) is 8.03. The Kier molecular flexibility index (Phi) is 5.35. The molecule has 0 aromatic heterocycles. The van der Waals surface area contributed by atoms with Crippen LogP contribution in [-0.2, 0) is 14.3 Å². The number of nitrogens with one attached hydrogen (secondary N) is 1. The number of carbonyl (C=O) groups is 2. The lowest BCUT2D eigenvalue weighted by molar-refractivity contribution is -0.158. The van der Waals surface area contributed by atoms with Gasteiger partial charge in [0.25, 0.3) is 0 Å². The van der Waals surface area contributed by atoms with Gasteiger partial charge in [0.1, 0.15) is 11.6 Å². The molecule has 1 saturated heterocycles. The predicted molar refractivity (Wildman–Crippen MR) is 73.7 cm³/mol. The van der Waals surface area contributed by atoms with Crippen LogP contribution in [-0.4, -0.2) is 48.1 Å². The Bertz CT molecular complexity index is 340. The zero-order chi connectivity index (χ0) is 14.6. The van der Waals surface area contributed by atoms with Crippen LogP contribution in [0.3, 0.4) is 0 Å². The predicted octanol–water partition coefficient (Wildman–Crippen LogP) is 1.32. The topological polar surface area (TPSA) is 58.6 Å². The molecule has 110 valence electrons. The van der Waals surface area contributed by atoms with Crippen LogP contribution in [0.2, 0.25) is 0 Å². The van der Waals surface area contributed by atoms with Crippen LogP contribution in [0.1, 0.15) is 47.0 Å². The van der Waals surface area contributed by atoms with E-state index in [1.807, 2.05) is 6.92 Å². The maximum absolute atomic E-state index is 12.7. The minimum absolute atomic E-state index is 0.00222. The molecule has 0 bridgehead atoms. The molecule has 0 aromatic carbocycles. The van der Waals surface area contributed by atoms with Crippen molar-refractivity contribution in [3.63, 3.8) is 0 Å². The highest BCUT2D eigenvalue weighted by molar-refractivity contribution is 5.99. The lowest BCUT2D eigenvalue weighted by atomic mass is 9.90. The third-order valence-electron chi connectivity index (χ3n) is 3.98. The number of hydrogen-bond donors (Lipinski definition) is 1. The van der Waals surface area contributed by atoms with Gasteiger partial charge in [0, 0.05) is 7.11 Å². The maximum atomic E-state index is 12.7. The summed E-state index contributed by atoms with van der Waals surface area (Å²) in [6, 6.07) is -0.465. The molecule has 3 unspecified atom stereocenters. The van der Waals surface area contributed by atoms with Gasteiger partial charge in [-0.2, -0.15) is 0 Å². The zero-order valence-corrected chi connectivity index (χ0v) is 12.7. The fourth-order valence-electron chi connectivity index (χ4n) is 2.57. The van der Waals surface area contributed by atoms with E-state index < -0.39 is 11.6 Å². The fourth-order valence-corrected chi connectivity index (χ4v) is 2.57. The number of hydrogen-bond acceptors (Lipinski definition) is 3. The largest absolute Gasteiger partial charge is 0.383 e. The Labute approximate surface area is 115 Å². The Morgan fingerprint density at radius 3 is 2.53 bits per heavy atom. The van der Waals surface area contributed by atoms with Gasteiger partial charge in [-0.25, -0.2) is 0 Å². The average molecular weight is 270 g/mol. The summed E-state index contributed by atoms with van der Waals surface area (Å²) in [5, 5.41) is 2.84. The summed E-state index contributed by atoms with van der Waals surface area (Å²) in [7, 11) is 1.63. The molecule has 19 heavy (non-hydrogen) atoms. The maximum Gasteiger partial charge on any atom is 0.249 e. The van der Waals surface area contributed by atoms with Gasteiger partial charge in [-0.3, -0.25) is 9.59 Å². The van der Waals surface area contributed by atoms with Crippen molar-refractivity contribution in [2.75, 3.05) is 13.7 Å². The van der Waals surface area contributed by atoms with Crippen molar-refractivity contribution in [3.8, 4) is 0 Å². The number of rotatable bonds is 6. The third-order valence-corrected chi connectivity index (χ3v) is 3.98. The molecular formula is C14H26N2O3. The molecule has 5 nitrogen and oxygen atoms in total. The van der Waals surface area contributed by atoms with Crippen LogP contribution in [0.4, 0.5) is 0 Å². The summed E-state index contributed by atoms with van der Waals surface area (Å²) >= 11 is 0. The van der Waals surface area contributed by atoms with Crippen molar-refractivity contribution in [2.45, 2.75) is 64.6 Å². The molecule has 5 heteroatoms. The first-order chi connectivity index (χ1) is 8.91. The van der Waals surface area contributed by atoms with Gasteiger partial charge in [0.15, 0.2) is 0 Å². The molecule has 1 N–H and O–H groups in total. The SMILES string of the molecule is CCCC(COC)N1C(=O)C(C)(CC)NC(=O)C1C. The quantitative estimate of drug-likeness (QED) is 0.792. The monoisotopic (exact) mass is 270 g/mol. The molecule has 1 aliphatic rings. The summed E-state index contributed by atoms with van der Waals surface area (Å²) in [5.41, 5.74) is -0.788. The van der Waals surface area contributed by atoms with E-state index in [1.54, 1.807) is 25.9 Å². The summed E-state index contributed by atoms with van der Waals surface area (Å²) in [5.74, 6) is -0.0845. The van der Waals surface area contributed by atoms with Crippen molar-refractivity contribution >= 4 is 11.8 Å². The standard InChI is InChI=1S/C14H26N2O3/c1-6-8-11(9-19-5)16-10(3)12(17)15-14(4,7-2)13(16)18/h10-11H,6-9H2,1-5H3,(H,15,17). The van der Waals surface area contributed by atoms with Crippen LogP contribution in [0, 0.1) is 0 Å². The number of carbonyl (C=O) groups excluding carboxylic acids is 2. The van der Waals surface area contributed by atoms with Gasteiger partial charge in [0.2, 0.25) is 11.8 Å². The van der Waals surface area contributed by atoms with E-state index in [0.29, 0.717) is 13.0 Å². The molecule has 1 fully saturated rings. The Hall–Kier alpha value is -1.10. The number of methoxy groups -OCH3 is 1. The van der Waals surface area contributed by atoms with E-state index in [2.05, 4.69) is 12.2 Å². The zero-order valence-electron chi connectivity index (χ0n) is 12.7. The van der Waals surface area contributed by atoms with E-state index in [-0.39, 0.29) is 17.9 Å². The van der Waals surface area contributed by atoms with Gasteiger partial charge in [-0.1, -0.05) is 20.3 Å². The van der Waals surface area contributed by atoms with E-state index in [9.17, 15) is 9.59 Å². The van der Waals surface area contributed by atoms with Crippen LogP contribution < -0.4 is 5.32 Å². The minimum Gasteiger partial charge on any atom is -0.383 e. The molecular weight excluding hydrogens is 244 g/mol. The number of nitrogens with zero attached hydrogens (tertiary/aromatic N) is 1. The van der Waals surface area contributed by atoms with Crippen molar-refractivity contribution < 1.29 is 14.3 Å². The third kappa shape index (κ3) is 3.08. The van der Waals surface area contributed by atoms with E-state index in [4.69, 9.17) is 4.74 Å². The van der Waals surface area contributed by atoms with Crippen molar-refractivity contribution in [1.29, 1.82) is 0 Å². The summed E-state index contributed by atoms with van der Waals surface area (Å²) < 4.78 is 5.22. The van der Waals surface area contributed by atoms with Crippen LogP contribution in [0.5, 0.6) is 0 Å². The van der Waals surface area contributed by atoms with Crippen molar-refractivity contribution in [2.24, 2.45) is 0 Å². The van der Waals surface area contributed by atoms with Gasteiger partial charge < -0.3 is 15.0 Å². The molecule has 1 heterocycles. The molecule has 0 radical (unpaired) electrons. The lowest BCUT2D eigenvalue weighted by Gasteiger charge is -2.46. The number of ether oxygens (including phenoxy) is 1. The van der Waals surface area contributed by atoms with Crippen LogP contribution in [0.25, 0.3) is 0 Å². The molecule has 1 aliphatic heterocycles. The van der Waals surface area contributed by atoms with Gasteiger partial charge >= 0.3 is 0 Å². The van der Waals surface area contributed by atoms with Gasteiger partial charge in [0.05, 0.1) is 12.6 Å². The average Bonchev–Trinajstić information content (AvgIpc) is 2.37. The molecule has 0 saturated carbocycles. The second-order valence-electron chi connectivity index (χ2n) is 5.46. The van der Waals surface area contributed by atoms with E-state index >= 15 is 0 Å². The highest BCUT2D eigenvalue weighted by Gasteiger charge is 2.47. The van der Waals surface area contributed by atoms with Gasteiger partial charge in [-0.05, 0) is 26.7 Å². The number of piperazine rings is 1. The second kappa shape index (κ2) is 6.37. The summed E-state index contributed by atoms with van der Waals surface area (Å²) in [4.78, 5) is 26.5. The molecule has 0 spiro atoms. The lowest BCUT2D eigenvalue weighted by Crippen LogP contribution is -2.70.